The summed E-state index contributed by atoms with van der Waals surface area (Å²) in [7, 11) is 0. The summed E-state index contributed by atoms with van der Waals surface area (Å²) in [6, 6.07) is 19.5. The Bertz CT molecular complexity index is 643. The molecular weight excluding hydrogens is 308 g/mol. The van der Waals surface area contributed by atoms with E-state index < -0.39 is 18.2 Å². The highest BCUT2D eigenvalue weighted by Crippen LogP contribution is 2.27. The highest BCUT2D eigenvalue weighted by molar-refractivity contribution is 5.74. The van der Waals surface area contributed by atoms with E-state index in [0.29, 0.717) is 19.8 Å². The molecule has 2 aromatic carbocycles. The maximum Gasteiger partial charge on any atom is 0.335 e. The molecule has 0 bridgehead atoms. The lowest BCUT2D eigenvalue weighted by Gasteiger charge is -2.41. The van der Waals surface area contributed by atoms with Gasteiger partial charge in [-0.05, 0) is 11.1 Å². The van der Waals surface area contributed by atoms with Gasteiger partial charge in [0.25, 0.3) is 0 Å². The van der Waals surface area contributed by atoms with Crippen LogP contribution in [0.2, 0.25) is 0 Å². The van der Waals surface area contributed by atoms with Crippen molar-refractivity contribution in [3.05, 3.63) is 71.8 Å². The Morgan fingerprint density at radius 1 is 0.958 bits per heavy atom. The molecule has 1 heterocycles. The van der Waals surface area contributed by atoms with Crippen molar-refractivity contribution >= 4 is 5.97 Å². The van der Waals surface area contributed by atoms with Crippen LogP contribution in [0.1, 0.15) is 11.1 Å². The number of hydrogen-bond acceptors (Lipinski definition) is 4. The molecule has 1 aliphatic heterocycles. The Labute approximate surface area is 140 Å². The third-order valence-corrected chi connectivity index (χ3v) is 3.91. The van der Waals surface area contributed by atoms with Gasteiger partial charge in [-0.2, -0.15) is 0 Å². The first-order chi connectivity index (χ1) is 11.7. The molecule has 1 fully saturated rings. The maximum atomic E-state index is 11.2. The van der Waals surface area contributed by atoms with Gasteiger partial charge in [0.15, 0.2) is 6.10 Å². The van der Waals surface area contributed by atoms with E-state index in [-0.39, 0.29) is 6.10 Å². The monoisotopic (exact) mass is 328 g/mol. The van der Waals surface area contributed by atoms with Crippen LogP contribution in [0.15, 0.2) is 60.7 Å². The first kappa shape index (κ1) is 16.6. The van der Waals surface area contributed by atoms with E-state index in [1.54, 1.807) is 0 Å². The molecule has 5 nitrogen and oxygen atoms in total. The minimum atomic E-state index is -1.01. The van der Waals surface area contributed by atoms with Gasteiger partial charge in [-0.1, -0.05) is 60.7 Å². The van der Waals surface area contributed by atoms with Crippen LogP contribution in [0.3, 0.4) is 0 Å². The summed E-state index contributed by atoms with van der Waals surface area (Å²) in [6.07, 6.45) is -1.80. The summed E-state index contributed by atoms with van der Waals surface area (Å²) < 4.78 is 16.8. The second kappa shape index (κ2) is 8.06. The second-order valence-electron chi connectivity index (χ2n) is 5.70. The average Bonchev–Trinajstić information content (AvgIpc) is 2.59. The highest BCUT2D eigenvalue weighted by Gasteiger charge is 2.48. The number of carboxylic acids is 1. The molecule has 0 saturated carbocycles. The molecule has 126 valence electrons. The van der Waals surface area contributed by atoms with E-state index in [0.717, 1.165) is 11.1 Å². The number of aliphatic carboxylic acids is 1. The van der Waals surface area contributed by atoms with Crippen molar-refractivity contribution in [3.63, 3.8) is 0 Å². The molecule has 3 rings (SSSR count). The molecule has 0 aliphatic carbocycles. The van der Waals surface area contributed by atoms with Gasteiger partial charge in [0.05, 0.1) is 19.8 Å². The summed E-state index contributed by atoms with van der Waals surface area (Å²) in [5.41, 5.74) is 2.06. The molecule has 5 heteroatoms. The topological polar surface area (TPSA) is 65.0 Å². The Morgan fingerprint density at radius 3 is 2.12 bits per heavy atom. The molecule has 0 spiro atoms. The van der Waals surface area contributed by atoms with Crippen LogP contribution < -0.4 is 0 Å². The Kier molecular flexibility index (Phi) is 5.59. The number of ether oxygens (including phenoxy) is 3. The van der Waals surface area contributed by atoms with Gasteiger partial charge in [0.2, 0.25) is 0 Å². The molecular formula is C19H20O5. The zero-order valence-corrected chi connectivity index (χ0v) is 13.2. The molecule has 24 heavy (non-hydrogen) atoms. The van der Waals surface area contributed by atoms with Crippen LogP contribution in [-0.4, -0.2) is 36.0 Å². The van der Waals surface area contributed by atoms with E-state index in [1.165, 1.54) is 0 Å². The largest absolute Gasteiger partial charge is 0.479 e. The van der Waals surface area contributed by atoms with Crippen LogP contribution >= 0.6 is 0 Å². The lowest BCUT2D eigenvalue weighted by Crippen LogP contribution is -2.60. The fourth-order valence-electron chi connectivity index (χ4n) is 2.61. The van der Waals surface area contributed by atoms with Gasteiger partial charge >= 0.3 is 5.97 Å². The van der Waals surface area contributed by atoms with Gasteiger partial charge in [-0.3, -0.25) is 0 Å². The van der Waals surface area contributed by atoms with Crippen molar-refractivity contribution in [2.24, 2.45) is 0 Å². The summed E-state index contributed by atoms with van der Waals surface area (Å²) >= 11 is 0. The van der Waals surface area contributed by atoms with E-state index in [4.69, 9.17) is 14.2 Å². The summed E-state index contributed by atoms with van der Waals surface area (Å²) in [4.78, 5) is 11.2. The highest BCUT2D eigenvalue weighted by atomic mass is 16.6. The fourth-order valence-corrected chi connectivity index (χ4v) is 2.61. The van der Waals surface area contributed by atoms with E-state index >= 15 is 0 Å². The van der Waals surface area contributed by atoms with E-state index in [1.807, 2.05) is 60.7 Å². The normalized spacial score (nSPS) is 22.8. The minimum Gasteiger partial charge on any atom is -0.479 e. The third-order valence-electron chi connectivity index (χ3n) is 3.91. The van der Waals surface area contributed by atoms with Crippen molar-refractivity contribution in [1.82, 2.24) is 0 Å². The van der Waals surface area contributed by atoms with E-state index in [9.17, 15) is 9.90 Å². The molecule has 0 amide bonds. The quantitative estimate of drug-likeness (QED) is 0.807. The Balaban J connectivity index is 1.49. The number of hydrogen-bond donors (Lipinski definition) is 1. The lowest BCUT2D eigenvalue weighted by molar-refractivity contribution is -0.259. The standard InChI is InChI=1S/C19H20O5/c20-19(21)18-17(23-12-15-9-5-2-6-10-15)16(24-18)13-22-11-14-7-3-1-4-8-14/h1-10,16-18H,11-13H2,(H,20,21)/t16-,17+,18+/m1/s1. The SMILES string of the molecule is O=C(O)[C@H]1O[C@H](COCc2ccccc2)[C@@H]1OCc1ccccc1. The van der Waals surface area contributed by atoms with Crippen LogP contribution in [0, 0.1) is 0 Å². The smallest absolute Gasteiger partial charge is 0.335 e. The van der Waals surface area contributed by atoms with E-state index in [2.05, 4.69) is 0 Å². The predicted octanol–water partition coefficient (Wildman–Crippen LogP) is 2.64. The number of rotatable bonds is 8. The zero-order valence-electron chi connectivity index (χ0n) is 13.2. The summed E-state index contributed by atoms with van der Waals surface area (Å²) in [5.74, 6) is -1.01. The van der Waals surface area contributed by atoms with Gasteiger partial charge in [0, 0.05) is 0 Å². The van der Waals surface area contributed by atoms with Gasteiger partial charge in [-0.15, -0.1) is 0 Å². The third kappa shape index (κ3) is 4.20. The molecule has 3 atom stereocenters. The Hall–Kier alpha value is -2.21. The fraction of sp³-hybridized carbons (Fsp3) is 0.316. The van der Waals surface area contributed by atoms with Crippen molar-refractivity contribution in [2.75, 3.05) is 6.61 Å². The summed E-state index contributed by atoms with van der Waals surface area (Å²) in [5, 5.41) is 9.18. The molecule has 1 N–H and O–H groups in total. The minimum absolute atomic E-state index is 0.304. The molecule has 0 aromatic heterocycles. The van der Waals surface area contributed by atoms with Crippen LogP contribution in [0.4, 0.5) is 0 Å². The second-order valence-corrected chi connectivity index (χ2v) is 5.70. The predicted molar refractivity (Wildman–Crippen MR) is 87.4 cm³/mol. The maximum absolute atomic E-state index is 11.2. The van der Waals surface area contributed by atoms with Crippen LogP contribution in [0.25, 0.3) is 0 Å². The van der Waals surface area contributed by atoms with Gasteiger partial charge in [0.1, 0.15) is 12.2 Å². The average molecular weight is 328 g/mol. The lowest BCUT2D eigenvalue weighted by atomic mass is 10.0. The van der Waals surface area contributed by atoms with Crippen molar-refractivity contribution in [3.8, 4) is 0 Å². The zero-order chi connectivity index (χ0) is 16.8. The Morgan fingerprint density at radius 2 is 1.54 bits per heavy atom. The van der Waals surface area contributed by atoms with Gasteiger partial charge in [-0.25, -0.2) is 4.79 Å². The molecule has 1 aliphatic rings. The first-order valence-corrected chi connectivity index (χ1v) is 7.89. The van der Waals surface area contributed by atoms with Crippen molar-refractivity contribution < 1.29 is 24.1 Å². The first-order valence-electron chi connectivity index (χ1n) is 7.89. The van der Waals surface area contributed by atoms with Crippen molar-refractivity contribution in [2.45, 2.75) is 31.5 Å². The van der Waals surface area contributed by atoms with Crippen molar-refractivity contribution in [1.29, 1.82) is 0 Å². The van der Waals surface area contributed by atoms with Crippen LogP contribution in [-0.2, 0) is 32.2 Å². The van der Waals surface area contributed by atoms with Gasteiger partial charge < -0.3 is 19.3 Å². The number of carboxylic acid groups (broad SMARTS) is 1. The molecule has 2 aromatic rings. The molecule has 1 saturated heterocycles. The number of carbonyl (C=O) groups is 1. The van der Waals surface area contributed by atoms with Crippen LogP contribution in [0.5, 0.6) is 0 Å². The molecule has 0 radical (unpaired) electrons. The molecule has 0 unspecified atom stereocenters. The summed E-state index contributed by atoms with van der Waals surface area (Å²) in [6.45, 7) is 1.12. The number of benzene rings is 2.